The molecule has 0 bridgehead atoms. The predicted molar refractivity (Wildman–Crippen MR) is 134 cm³/mol. The molecule has 0 spiro atoms. The van der Waals surface area contributed by atoms with E-state index >= 15 is 0 Å². The van der Waals surface area contributed by atoms with Gasteiger partial charge in [0.1, 0.15) is 23.8 Å². The molecule has 2 aliphatic rings. The van der Waals surface area contributed by atoms with Crippen LogP contribution in [0.1, 0.15) is 63.0 Å². The van der Waals surface area contributed by atoms with Gasteiger partial charge in [-0.05, 0) is 72.7 Å². The maximum atomic E-state index is 5.79. The minimum Gasteiger partial charge on any atom is -0.494 e. The number of thiocarbonyl (C=S) groups is 2. The van der Waals surface area contributed by atoms with Gasteiger partial charge in [-0.15, -0.1) is 0 Å². The molecule has 0 aliphatic carbocycles. The van der Waals surface area contributed by atoms with E-state index in [2.05, 4.69) is 48.7 Å². The highest BCUT2D eigenvalue weighted by atomic mass is 32.1. The molecule has 32 heavy (non-hydrogen) atoms. The quantitative estimate of drug-likeness (QED) is 0.370. The first kappa shape index (κ1) is 22.6. The molecule has 2 aromatic carbocycles. The van der Waals surface area contributed by atoms with Crippen LogP contribution in [-0.4, -0.2) is 33.5 Å². The second-order valence-electron chi connectivity index (χ2n) is 7.94. The highest BCUT2D eigenvalue weighted by Gasteiger charge is 2.47. The van der Waals surface area contributed by atoms with Gasteiger partial charge >= 0.3 is 0 Å². The number of nitrogens with zero attached hydrogens (tertiary/aromatic N) is 2. The number of rotatable bonds is 10. The summed E-state index contributed by atoms with van der Waals surface area (Å²) in [6.07, 6.45) is 4.02. The molecular formula is C24H30N4O2S2. The Kier molecular flexibility index (Phi) is 7.32. The van der Waals surface area contributed by atoms with Crippen molar-refractivity contribution in [2.24, 2.45) is 0 Å². The van der Waals surface area contributed by atoms with Crippen LogP contribution < -0.4 is 20.1 Å². The maximum absolute atomic E-state index is 5.79. The van der Waals surface area contributed by atoms with Crippen molar-refractivity contribution in [3.63, 3.8) is 0 Å². The van der Waals surface area contributed by atoms with Gasteiger partial charge in [-0.25, -0.2) is 10.0 Å². The Balaban J connectivity index is 1.46. The van der Waals surface area contributed by atoms with E-state index in [1.807, 2.05) is 34.3 Å². The summed E-state index contributed by atoms with van der Waals surface area (Å²) in [5.41, 5.74) is 2.14. The third-order valence-electron chi connectivity index (χ3n) is 5.58. The molecule has 0 aromatic heterocycles. The van der Waals surface area contributed by atoms with Crippen LogP contribution in [0.3, 0.4) is 0 Å². The number of hydrogen-bond donors (Lipinski definition) is 2. The number of hydrogen-bond acceptors (Lipinski definition) is 4. The molecule has 6 nitrogen and oxygen atoms in total. The van der Waals surface area contributed by atoms with Crippen molar-refractivity contribution in [3.05, 3.63) is 59.7 Å². The fraction of sp³-hybridized carbons (Fsp3) is 0.417. The highest BCUT2D eigenvalue weighted by Crippen LogP contribution is 2.37. The van der Waals surface area contributed by atoms with E-state index in [1.54, 1.807) is 0 Å². The third kappa shape index (κ3) is 4.76. The number of fused-ring (bicyclic) bond motifs is 1. The second-order valence-corrected chi connectivity index (χ2v) is 8.71. The van der Waals surface area contributed by atoms with Crippen molar-refractivity contribution in [3.8, 4) is 11.5 Å². The maximum Gasteiger partial charge on any atom is 0.192 e. The molecule has 170 valence electrons. The lowest BCUT2D eigenvalue weighted by atomic mass is 10.1. The third-order valence-corrected chi connectivity index (χ3v) is 6.19. The zero-order chi connectivity index (χ0) is 22.5. The number of nitrogens with one attached hydrogen (secondary N) is 2. The first-order chi connectivity index (χ1) is 15.6. The van der Waals surface area contributed by atoms with Crippen LogP contribution in [0.5, 0.6) is 11.5 Å². The van der Waals surface area contributed by atoms with Gasteiger partial charge in [-0.2, -0.15) is 0 Å². The fourth-order valence-electron chi connectivity index (χ4n) is 3.78. The summed E-state index contributed by atoms with van der Waals surface area (Å²) in [7, 11) is 0. The SMILES string of the molecule is CCCCOc1ccc(C2NC(=S)N3C(c4ccc(OCCCC)cc4)NC(=S)N23)cc1. The van der Waals surface area contributed by atoms with Crippen LogP contribution in [0.2, 0.25) is 0 Å². The van der Waals surface area contributed by atoms with Crippen molar-refractivity contribution in [2.75, 3.05) is 13.2 Å². The molecule has 0 amide bonds. The summed E-state index contributed by atoms with van der Waals surface area (Å²) in [6.45, 7) is 5.78. The monoisotopic (exact) mass is 470 g/mol. The summed E-state index contributed by atoms with van der Waals surface area (Å²) in [5, 5.41) is 12.1. The Labute approximate surface area is 200 Å². The Bertz CT molecular complexity index is 859. The van der Waals surface area contributed by atoms with Gasteiger partial charge in [0.2, 0.25) is 0 Å². The number of hydrazine groups is 1. The van der Waals surface area contributed by atoms with Crippen LogP contribution >= 0.6 is 24.4 Å². The van der Waals surface area contributed by atoms with E-state index in [0.29, 0.717) is 10.2 Å². The lowest BCUT2D eigenvalue weighted by Crippen LogP contribution is -2.36. The van der Waals surface area contributed by atoms with Crippen LogP contribution in [0.4, 0.5) is 0 Å². The lowest BCUT2D eigenvalue weighted by Gasteiger charge is -2.26. The van der Waals surface area contributed by atoms with Gasteiger partial charge < -0.3 is 20.1 Å². The van der Waals surface area contributed by atoms with E-state index < -0.39 is 0 Å². The second kappa shape index (κ2) is 10.4. The van der Waals surface area contributed by atoms with E-state index in [1.165, 1.54) is 0 Å². The van der Waals surface area contributed by atoms with E-state index in [9.17, 15) is 0 Å². The first-order valence-corrected chi connectivity index (χ1v) is 12.1. The number of ether oxygens (including phenoxy) is 2. The topological polar surface area (TPSA) is 49.0 Å². The molecule has 2 aliphatic heterocycles. The predicted octanol–water partition coefficient (Wildman–Crippen LogP) is 5.04. The molecule has 2 unspecified atom stereocenters. The fourth-order valence-corrected chi connectivity index (χ4v) is 4.39. The average Bonchev–Trinajstić information content (AvgIpc) is 3.33. The van der Waals surface area contributed by atoms with Gasteiger partial charge in [0.15, 0.2) is 10.2 Å². The van der Waals surface area contributed by atoms with E-state index in [-0.39, 0.29) is 12.3 Å². The first-order valence-electron chi connectivity index (χ1n) is 11.3. The molecular weight excluding hydrogens is 440 g/mol. The minimum atomic E-state index is -0.158. The summed E-state index contributed by atoms with van der Waals surface area (Å²) in [6, 6.07) is 16.2. The molecule has 2 aromatic rings. The van der Waals surface area contributed by atoms with Crippen molar-refractivity contribution in [1.29, 1.82) is 0 Å². The van der Waals surface area contributed by atoms with Crippen LogP contribution in [0.15, 0.2) is 48.5 Å². The highest BCUT2D eigenvalue weighted by molar-refractivity contribution is 7.80. The number of benzene rings is 2. The standard InChI is InChI=1S/C24H30N4O2S2/c1-3-5-15-29-19-11-7-17(8-12-19)21-25-23(31)28-22(26-24(32)27(21)28)18-9-13-20(14-10-18)30-16-6-4-2/h7-14,21-22H,3-6,15-16H2,1-2H3,(H,25,31)(H,26,32). The summed E-state index contributed by atoms with van der Waals surface area (Å²) >= 11 is 11.4. The molecule has 0 radical (unpaired) electrons. The van der Waals surface area contributed by atoms with Crippen LogP contribution in [-0.2, 0) is 0 Å². The summed E-state index contributed by atoms with van der Waals surface area (Å²) < 4.78 is 11.6. The van der Waals surface area contributed by atoms with Gasteiger partial charge in [-0.1, -0.05) is 51.0 Å². The van der Waals surface area contributed by atoms with Crippen molar-refractivity contribution >= 4 is 34.7 Å². The zero-order valence-corrected chi connectivity index (χ0v) is 20.2. The Morgan fingerprint density at radius 1 is 0.688 bits per heavy atom. The Morgan fingerprint density at radius 2 is 1.06 bits per heavy atom. The van der Waals surface area contributed by atoms with Crippen molar-refractivity contribution < 1.29 is 9.47 Å². The molecule has 2 N–H and O–H groups in total. The van der Waals surface area contributed by atoms with Gasteiger partial charge in [0.25, 0.3) is 0 Å². The Morgan fingerprint density at radius 3 is 1.41 bits per heavy atom. The molecule has 2 heterocycles. The lowest BCUT2D eigenvalue weighted by molar-refractivity contribution is 0.114. The molecule has 8 heteroatoms. The largest absolute Gasteiger partial charge is 0.494 e. The van der Waals surface area contributed by atoms with Crippen LogP contribution in [0.25, 0.3) is 0 Å². The Hall–Kier alpha value is -2.58. The smallest absolute Gasteiger partial charge is 0.192 e. The molecule has 0 saturated carbocycles. The molecule has 2 atom stereocenters. The van der Waals surface area contributed by atoms with Crippen molar-refractivity contribution in [1.82, 2.24) is 20.7 Å². The summed E-state index contributed by atoms with van der Waals surface area (Å²) in [4.78, 5) is 0. The molecule has 4 rings (SSSR count). The van der Waals surface area contributed by atoms with E-state index in [0.717, 1.165) is 61.5 Å². The normalized spacial score (nSPS) is 19.6. The van der Waals surface area contributed by atoms with Gasteiger partial charge in [0, 0.05) is 0 Å². The molecule has 2 fully saturated rings. The van der Waals surface area contributed by atoms with E-state index in [4.69, 9.17) is 33.9 Å². The van der Waals surface area contributed by atoms with Crippen LogP contribution in [0, 0.1) is 0 Å². The van der Waals surface area contributed by atoms with Gasteiger partial charge in [-0.3, -0.25) is 0 Å². The molecule has 2 saturated heterocycles. The zero-order valence-electron chi connectivity index (χ0n) is 18.5. The minimum absolute atomic E-state index is 0.158. The van der Waals surface area contributed by atoms with Gasteiger partial charge in [0.05, 0.1) is 13.2 Å². The van der Waals surface area contributed by atoms with Crippen molar-refractivity contribution in [2.45, 2.75) is 51.9 Å². The average molecular weight is 471 g/mol. The summed E-state index contributed by atoms with van der Waals surface area (Å²) in [5.74, 6) is 1.75. The number of unbranched alkanes of at least 4 members (excludes halogenated alkanes) is 2.